The van der Waals surface area contributed by atoms with Crippen molar-refractivity contribution >= 4 is 22.4 Å². The first kappa shape index (κ1) is 27.8. The van der Waals surface area contributed by atoms with Crippen molar-refractivity contribution < 1.29 is 9.23 Å². The third-order valence-electron chi connectivity index (χ3n) is 7.31. The van der Waals surface area contributed by atoms with Gasteiger partial charge in [-0.3, -0.25) is 4.79 Å². The van der Waals surface area contributed by atoms with Crippen molar-refractivity contribution in [3.63, 3.8) is 0 Å². The monoisotopic (exact) mass is 528 g/mol. The molecule has 0 radical (unpaired) electrons. The summed E-state index contributed by atoms with van der Waals surface area (Å²) < 4.78 is 15.3. The van der Waals surface area contributed by atoms with Crippen LogP contribution in [0, 0.1) is 41.3 Å². The van der Waals surface area contributed by atoms with Gasteiger partial charge in [-0.25, -0.2) is 9.37 Å². The third-order valence-corrected chi connectivity index (χ3v) is 7.31. The van der Waals surface area contributed by atoms with E-state index < -0.39 is 11.2 Å². The zero-order valence-corrected chi connectivity index (χ0v) is 23.2. The number of hydrogen-bond donors (Lipinski definition) is 0. The minimum Gasteiger partial charge on any atom is -0.390 e. The minimum atomic E-state index is -0.472. The van der Waals surface area contributed by atoms with Gasteiger partial charge in [-0.1, -0.05) is 5.16 Å². The SMILES string of the molecule is Cc1cc(F)ccc1/C(=N\OC(C)(C)C)[C@H]1CC[C@H](N(C)c2c(C#N)c(=O)n(C)c3ccc(C#N)nc23)CC1. The molecule has 3 aromatic rings. The first-order valence-corrected chi connectivity index (χ1v) is 13.0. The molecule has 0 spiro atoms. The molecule has 1 saturated carbocycles. The number of hydrogen-bond acceptors (Lipinski definition) is 7. The Morgan fingerprint density at radius 2 is 1.85 bits per heavy atom. The van der Waals surface area contributed by atoms with Gasteiger partial charge < -0.3 is 14.3 Å². The smallest absolute Gasteiger partial charge is 0.270 e. The molecular formula is C30H33FN6O2. The van der Waals surface area contributed by atoms with Crippen LogP contribution in [0.3, 0.4) is 0 Å². The number of fused-ring (bicyclic) bond motifs is 1. The van der Waals surface area contributed by atoms with E-state index >= 15 is 0 Å². The van der Waals surface area contributed by atoms with Gasteiger partial charge in [-0.15, -0.1) is 0 Å². The molecule has 39 heavy (non-hydrogen) atoms. The largest absolute Gasteiger partial charge is 0.390 e. The van der Waals surface area contributed by atoms with Crippen molar-refractivity contribution in [1.29, 1.82) is 10.5 Å². The minimum absolute atomic E-state index is 0.0139. The van der Waals surface area contributed by atoms with E-state index in [1.165, 1.54) is 16.7 Å². The van der Waals surface area contributed by atoms with Crippen molar-refractivity contribution in [2.45, 2.75) is 65.0 Å². The Hall–Kier alpha value is -4.24. The number of pyridine rings is 2. The van der Waals surface area contributed by atoms with Crippen molar-refractivity contribution in [1.82, 2.24) is 9.55 Å². The third kappa shape index (κ3) is 5.63. The Bertz CT molecular complexity index is 1580. The molecule has 2 heterocycles. The summed E-state index contributed by atoms with van der Waals surface area (Å²) in [7, 11) is 3.48. The molecule has 0 amide bonds. The molecule has 1 aliphatic rings. The first-order chi connectivity index (χ1) is 18.4. The maximum Gasteiger partial charge on any atom is 0.270 e. The lowest BCUT2D eigenvalue weighted by Gasteiger charge is -2.37. The van der Waals surface area contributed by atoms with Gasteiger partial charge in [0.2, 0.25) is 0 Å². The molecule has 0 bridgehead atoms. The number of anilines is 1. The number of benzene rings is 1. The molecule has 0 aliphatic heterocycles. The van der Waals surface area contributed by atoms with E-state index in [1.54, 1.807) is 25.2 Å². The molecule has 1 aliphatic carbocycles. The van der Waals surface area contributed by atoms with Gasteiger partial charge in [0, 0.05) is 31.6 Å². The van der Waals surface area contributed by atoms with Crippen LogP contribution >= 0.6 is 0 Å². The summed E-state index contributed by atoms with van der Waals surface area (Å²) in [5, 5.41) is 23.9. The van der Waals surface area contributed by atoms with Gasteiger partial charge in [0.1, 0.15) is 40.3 Å². The molecular weight excluding hydrogens is 495 g/mol. The van der Waals surface area contributed by atoms with Crippen LogP contribution in [0.2, 0.25) is 0 Å². The Balaban J connectivity index is 1.67. The van der Waals surface area contributed by atoms with Crippen LogP contribution in [-0.2, 0) is 11.9 Å². The Morgan fingerprint density at radius 3 is 2.44 bits per heavy atom. The molecule has 1 fully saturated rings. The van der Waals surface area contributed by atoms with Gasteiger partial charge in [0.25, 0.3) is 5.56 Å². The van der Waals surface area contributed by atoms with Crippen molar-refractivity contribution in [2.75, 3.05) is 11.9 Å². The van der Waals surface area contributed by atoms with Crippen LogP contribution in [-0.4, -0.2) is 34.0 Å². The summed E-state index contributed by atoms with van der Waals surface area (Å²) in [6, 6.07) is 12.2. The van der Waals surface area contributed by atoms with E-state index in [0.29, 0.717) is 16.7 Å². The number of aryl methyl sites for hydroxylation is 2. The topological polar surface area (TPSA) is 107 Å². The second kappa shape index (κ2) is 10.9. The summed E-state index contributed by atoms with van der Waals surface area (Å²) in [4.78, 5) is 25.3. The van der Waals surface area contributed by atoms with Crippen LogP contribution in [0.25, 0.3) is 11.0 Å². The summed E-state index contributed by atoms with van der Waals surface area (Å²) in [5.41, 5.74) is 3.32. The van der Waals surface area contributed by atoms with E-state index in [2.05, 4.69) is 22.3 Å². The predicted octanol–water partition coefficient (Wildman–Crippen LogP) is 5.34. The standard InChI is InChI=1S/C30H33FN6O2/c1-18-15-20(31)9-13-23(18)26(35-39-30(2,3)4)19-7-11-22(12-8-19)36(5)28-24(17-33)29(38)37(6)25-14-10-21(16-32)34-27(25)28/h9-10,13-15,19,22H,7-8,11-12H2,1-6H3/b35-26-/t19-,22-. The lowest BCUT2D eigenvalue weighted by atomic mass is 9.79. The van der Waals surface area contributed by atoms with E-state index in [0.717, 1.165) is 42.5 Å². The van der Waals surface area contributed by atoms with Crippen molar-refractivity contribution in [2.24, 2.45) is 18.1 Å². The predicted molar refractivity (Wildman–Crippen MR) is 149 cm³/mol. The van der Waals surface area contributed by atoms with Crippen LogP contribution in [0.5, 0.6) is 0 Å². The average molecular weight is 529 g/mol. The van der Waals surface area contributed by atoms with Gasteiger partial charge in [-0.2, -0.15) is 10.5 Å². The quantitative estimate of drug-likeness (QED) is 0.327. The molecule has 4 rings (SSSR count). The lowest BCUT2D eigenvalue weighted by molar-refractivity contribution is -0.0000389. The highest BCUT2D eigenvalue weighted by Crippen LogP contribution is 2.36. The Kier molecular flexibility index (Phi) is 7.74. The first-order valence-electron chi connectivity index (χ1n) is 13.0. The number of oxime groups is 1. The number of aromatic nitrogens is 2. The fraction of sp³-hybridized carbons (Fsp3) is 0.433. The van der Waals surface area contributed by atoms with Crippen LogP contribution in [0.4, 0.5) is 10.1 Å². The highest BCUT2D eigenvalue weighted by atomic mass is 19.1. The Morgan fingerprint density at radius 1 is 1.15 bits per heavy atom. The van der Waals surface area contributed by atoms with Crippen LogP contribution in [0.15, 0.2) is 40.3 Å². The van der Waals surface area contributed by atoms with Gasteiger partial charge in [0.15, 0.2) is 0 Å². The van der Waals surface area contributed by atoms with Gasteiger partial charge in [-0.05, 0) is 89.3 Å². The summed E-state index contributed by atoms with van der Waals surface area (Å²) in [5.74, 6) is -0.194. The van der Waals surface area contributed by atoms with Crippen molar-refractivity contribution in [3.05, 3.63) is 68.9 Å². The molecule has 1 aromatic carbocycles. The fourth-order valence-electron chi connectivity index (χ4n) is 5.26. The number of nitrogens with zero attached hydrogens (tertiary/aromatic N) is 6. The van der Waals surface area contributed by atoms with Crippen LogP contribution < -0.4 is 10.5 Å². The highest BCUT2D eigenvalue weighted by molar-refractivity contribution is 6.03. The van der Waals surface area contributed by atoms with Crippen molar-refractivity contribution in [3.8, 4) is 12.1 Å². The maximum absolute atomic E-state index is 13.9. The number of nitriles is 2. The molecule has 0 atom stereocenters. The second-order valence-corrected chi connectivity index (χ2v) is 11.1. The second-order valence-electron chi connectivity index (χ2n) is 11.1. The summed E-state index contributed by atoms with van der Waals surface area (Å²) >= 11 is 0. The van der Waals surface area contributed by atoms with E-state index in [4.69, 9.17) is 4.84 Å². The molecule has 0 unspecified atom stereocenters. The van der Waals surface area contributed by atoms with E-state index in [-0.39, 0.29) is 29.0 Å². The highest BCUT2D eigenvalue weighted by Gasteiger charge is 2.32. The van der Waals surface area contributed by atoms with E-state index in [1.807, 2.05) is 39.6 Å². The van der Waals surface area contributed by atoms with Crippen LogP contribution in [0.1, 0.15) is 68.8 Å². The zero-order valence-electron chi connectivity index (χ0n) is 23.2. The lowest BCUT2D eigenvalue weighted by Crippen LogP contribution is -2.39. The molecule has 202 valence electrons. The summed E-state index contributed by atoms with van der Waals surface area (Å²) in [6.07, 6.45) is 3.13. The van der Waals surface area contributed by atoms with Gasteiger partial charge >= 0.3 is 0 Å². The Labute approximate surface area is 227 Å². The zero-order chi connectivity index (χ0) is 28.5. The average Bonchev–Trinajstić information content (AvgIpc) is 2.90. The molecule has 8 nitrogen and oxygen atoms in total. The van der Waals surface area contributed by atoms with Gasteiger partial charge in [0.05, 0.1) is 16.9 Å². The molecule has 2 aromatic heterocycles. The molecule has 0 N–H and O–H groups in total. The molecule has 9 heteroatoms. The maximum atomic E-state index is 13.9. The number of halogens is 1. The number of rotatable bonds is 5. The fourth-order valence-corrected chi connectivity index (χ4v) is 5.26. The van der Waals surface area contributed by atoms with E-state index in [9.17, 15) is 19.7 Å². The normalized spacial score (nSPS) is 17.9. The summed E-state index contributed by atoms with van der Waals surface area (Å²) in [6.45, 7) is 7.68. The molecule has 0 saturated heterocycles.